The van der Waals surface area contributed by atoms with Gasteiger partial charge < -0.3 is 19.8 Å². The fourth-order valence-electron chi connectivity index (χ4n) is 4.14. The van der Waals surface area contributed by atoms with Crippen LogP contribution < -0.4 is 15.6 Å². The van der Waals surface area contributed by atoms with Crippen molar-refractivity contribution in [2.45, 2.75) is 20.3 Å². The molecule has 0 aliphatic carbocycles. The third-order valence-electron chi connectivity index (χ3n) is 5.79. The molecule has 0 aliphatic rings. The van der Waals surface area contributed by atoms with Crippen molar-refractivity contribution in [1.82, 2.24) is 14.8 Å². The van der Waals surface area contributed by atoms with Gasteiger partial charge in [-0.05, 0) is 49.7 Å². The van der Waals surface area contributed by atoms with Crippen molar-refractivity contribution in [2.75, 3.05) is 18.5 Å². The van der Waals surface area contributed by atoms with E-state index in [1.165, 1.54) is 0 Å². The van der Waals surface area contributed by atoms with Gasteiger partial charge in [0.15, 0.2) is 5.69 Å². The van der Waals surface area contributed by atoms with Gasteiger partial charge in [-0.2, -0.15) is 9.78 Å². The second kappa shape index (κ2) is 10.3. The van der Waals surface area contributed by atoms with Gasteiger partial charge in [0.2, 0.25) is 5.91 Å². The maximum atomic E-state index is 13.6. The highest BCUT2D eigenvalue weighted by atomic mass is 32.1. The van der Waals surface area contributed by atoms with E-state index in [4.69, 9.17) is 9.47 Å². The van der Waals surface area contributed by atoms with Crippen molar-refractivity contribution < 1.29 is 19.1 Å². The number of esters is 1. The monoisotopic (exact) mass is 516 g/mol. The Morgan fingerprint density at radius 3 is 2.59 bits per heavy atom. The normalized spacial score (nSPS) is 11.1. The SMILES string of the molecule is CCOC(=O)c1nn(-c2ccc(OCC)cc2)c(=O)c2c(NC(=O)Cc3c[nH]c4ccccc34)scc12. The number of amides is 1. The number of para-hydroxylation sites is 1. The maximum absolute atomic E-state index is 13.6. The molecule has 1 amide bonds. The van der Waals surface area contributed by atoms with Crippen LogP contribution in [0.5, 0.6) is 5.75 Å². The van der Waals surface area contributed by atoms with E-state index in [1.54, 1.807) is 42.8 Å². The molecule has 0 saturated carbocycles. The predicted molar refractivity (Wildman–Crippen MR) is 143 cm³/mol. The number of nitrogens with zero attached hydrogens (tertiary/aromatic N) is 2. The van der Waals surface area contributed by atoms with Gasteiger partial charge in [0.05, 0.1) is 30.7 Å². The van der Waals surface area contributed by atoms with Gasteiger partial charge in [-0.25, -0.2) is 4.79 Å². The van der Waals surface area contributed by atoms with E-state index >= 15 is 0 Å². The zero-order valence-electron chi connectivity index (χ0n) is 20.2. The molecule has 37 heavy (non-hydrogen) atoms. The van der Waals surface area contributed by atoms with Crippen molar-refractivity contribution in [3.05, 3.63) is 81.7 Å². The van der Waals surface area contributed by atoms with Gasteiger partial charge in [-0.15, -0.1) is 11.3 Å². The number of fused-ring (bicyclic) bond motifs is 2. The maximum Gasteiger partial charge on any atom is 0.359 e. The Hall–Kier alpha value is -4.44. The molecule has 2 aromatic carbocycles. The number of hydrogen-bond acceptors (Lipinski definition) is 7. The van der Waals surface area contributed by atoms with Crippen LogP contribution in [0, 0.1) is 0 Å². The first kappa shape index (κ1) is 24.3. The first-order valence-corrected chi connectivity index (χ1v) is 12.7. The molecule has 0 fully saturated rings. The summed E-state index contributed by atoms with van der Waals surface area (Å²) in [6.45, 7) is 4.24. The van der Waals surface area contributed by atoms with Crippen molar-refractivity contribution >= 4 is 49.9 Å². The van der Waals surface area contributed by atoms with Crippen LogP contribution in [-0.2, 0) is 16.0 Å². The molecular weight excluding hydrogens is 492 g/mol. The molecule has 3 aromatic heterocycles. The smallest absolute Gasteiger partial charge is 0.359 e. The van der Waals surface area contributed by atoms with E-state index < -0.39 is 11.5 Å². The summed E-state index contributed by atoms with van der Waals surface area (Å²) in [6, 6.07) is 14.5. The Kier molecular flexibility index (Phi) is 6.74. The number of hydrogen-bond donors (Lipinski definition) is 2. The molecule has 5 aromatic rings. The first-order valence-electron chi connectivity index (χ1n) is 11.8. The van der Waals surface area contributed by atoms with Gasteiger partial charge in [0, 0.05) is 27.9 Å². The number of benzene rings is 2. The Bertz CT molecular complexity index is 1670. The van der Waals surface area contributed by atoms with E-state index in [1.807, 2.05) is 31.2 Å². The fourth-order valence-corrected chi connectivity index (χ4v) is 5.09. The van der Waals surface area contributed by atoms with Crippen LogP contribution in [0.15, 0.2) is 64.9 Å². The number of anilines is 1. The van der Waals surface area contributed by atoms with Gasteiger partial charge in [0.25, 0.3) is 5.56 Å². The molecule has 0 unspecified atom stereocenters. The lowest BCUT2D eigenvalue weighted by Gasteiger charge is -2.11. The minimum Gasteiger partial charge on any atom is -0.494 e. The van der Waals surface area contributed by atoms with Crippen molar-refractivity contribution in [3.63, 3.8) is 0 Å². The Balaban J connectivity index is 1.55. The predicted octanol–water partition coefficient (Wildman–Crippen LogP) is 4.69. The molecule has 2 N–H and O–H groups in total. The molecule has 188 valence electrons. The Morgan fingerprint density at radius 2 is 1.84 bits per heavy atom. The summed E-state index contributed by atoms with van der Waals surface area (Å²) in [5.41, 5.74) is 1.77. The second-order valence-electron chi connectivity index (χ2n) is 8.15. The lowest BCUT2D eigenvalue weighted by Crippen LogP contribution is -2.25. The largest absolute Gasteiger partial charge is 0.494 e. The van der Waals surface area contributed by atoms with E-state index in [0.29, 0.717) is 28.4 Å². The van der Waals surface area contributed by atoms with Crippen LogP contribution in [0.3, 0.4) is 0 Å². The standard InChI is InChI=1S/C27H24N4O5S/c1-3-35-18-11-9-17(10-12-18)31-26(33)23-20(24(30-31)27(34)36-4-2)15-37-25(23)29-22(32)13-16-14-28-21-8-6-5-7-19(16)21/h5-12,14-15,28H,3-4,13H2,1-2H3,(H,29,32). The molecule has 10 heteroatoms. The van der Waals surface area contributed by atoms with Gasteiger partial charge in [-0.1, -0.05) is 18.2 Å². The van der Waals surface area contributed by atoms with Crippen LogP contribution in [0.2, 0.25) is 0 Å². The van der Waals surface area contributed by atoms with E-state index in [-0.39, 0.29) is 30.0 Å². The Labute approximate surface area is 215 Å². The summed E-state index contributed by atoms with van der Waals surface area (Å²) in [4.78, 5) is 42.5. The Morgan fingerprint density at radius 1 is 1.05 bits per heavy atom. The summed E-state index contributed by atoms with van der Waals surface area (Å²) in [5, 5.41) is 10.7. The minimum atomic E-state index is -0.651. The molecule has 9 nitrogen and oxygen atoms in total. The summed E-state index contributed by atoms with van der Waals surface area (Å²) in [5.74, 6) is -0.288. The highest BCUT2D eigenvalue weighted by molar-refractivity contribution is 7.16. The summed E-state index contributed by atoms with van der Waals surface area (Å²) >= 11 is 1.16. The minimum absolute atomic E-state index is 0.00119. The summed E-state index contributed by atoms with van der Waals surface area (Å²) < 4.78 is 11.8. The van der Waals surface area contributed by atoms with Crippen molar-refractivity contribution in [3.8, 4) is 11.4 Å². The first-order chi connectivity index (χ1) is 18.0. The molecule has 0 atom stereocenters. The number of carbonyl (C=O) groups excluding carboxylic acids is 2. The van der Waals surface area contributed by atoms with Crippen LogP contribution in [0.1, 0.15) is 29.9 Å². The van der Waals surface area contributed by atoms with Gasteiger partial charge >= 0.3 is 5.97 Å². The number of aromatic nitrogens is 3. The molecule has 0 saturated heterocycles. The molecule has 0 spiro atoms. The zero-order chi connectivity index (χ0) is 25.9. The quantitative estimate of drug-likeness (QED) is 0.289. The van der Waals surface area contributed by atoms with Crippen LogP contribution in [0.25, 0.3) is 27.4 Å². The highest BCUT2D eigenvalue weighted by Gasteiger charge is 2.23. The van der Waals surface area contributed by atoms with Gasteiger partial charge in [-0.3, -0.25) is 9.59 Å². The molecular formula is C27H24N4O5S. The average Bonchev–Trinajstić information content (AvgIpc) is 3.50. The lowest BCUT2D eigenvalue weighted by atomic mass is 10.1. The van der Waals surface area contributed by atoms with E-state index in [9.17, 15) is 14.4 Å². The highest BCUT2D eigenvalue weighted by Crippen LogP contribution is 2.31. The number of ether oxygens (including phenoxy) is 2. The fraction of sp³-hybridized carbons (Fsp3) is 0.185. The van der Waals surface area contributed by atoms with E-state index in [2.05, 4.69) is 15.4 Å². The zero-order valence-corrected chi connectivity index (χ0v) is 21.1. The van der Waals surface area contributed by atoms with Crippen molar-refractivity contribution in [1.29, 1.82) is 0 Å². The third kappa shape index (κ3) is 4.70. The van der Waals surface area contributed by atoms with Gasteiger partial charge in [0.1, 0.15) is 10.8 Å². The number of thiophene rings is 1. The average molecular weight is 517 g/mol. The summed E-state index contributed by atoms with van der Waals surface area (Å²) in [7, 11) is 0. The topological polar surface area (TPSA) is 115 Å². The van der Waals surface area contributed by atoms with Crippen LogP contribution in [0.4, 0.5) is 5.00 Å². The number of H-pyrrole nitrogens is 1. The van der Waals surface area contributed by atoms with E-state index in [0.717, 1.165) is 32.5 Å². The number of carbonyl (C=O) groups is 2. The molecule has 0 bridgehead atoms. The summed E-state index contributed by atoms with van der Waals surface area (Å²) in [6.07, 6.45) is 1.92. The number of rotatable bonds is 8. The molecule has 3 heterocycles. The molecule has 5 rings (SSSR count). The molecule has 0 radical (unpaired) electrons. The lowest BCUT2D eigenvalue weighted by molar-refractivity contribution is -0.115. The number of nitrogens with one attached hydrogen (secondary N) is 2. The van der Waals surface area contributed by atoms with Crippen LogP contribution >= 0.6 is 11.3 Å². The van der Waals surface area contributed by atoms with Crippen LogP contribution in [-0.4, -0.2) is 39.9 Å². The number of aromatic amines is 1. The van der Waals surface area contributed by atoms with Crippen molar-refractivity contribution in [2.24, 2.45) is 0 Å². The third-order valence-corrected chi connectivity index (χ3v) is 6.69. The molecule has 0 aliphatic heterocycles. The second-order valence-corrected chi connectivity index (χ2v) is 9.03.